The van der Waals surface area contributed by atoms with E-state index in [0.29, 0.717) is 40.6 Å². The maximum Gasteiger partial charge on any atom is 0.419 e. The first-order chi connectivity index (χ1) is 33.0. The van der Waals surface area contributed by atoms with Crippen molar-refractivity contribution < 1.29 is 37.4 Å². The van der Waals surface area contributed by atoms with Gasteiger partial charge in [-0.05, 0) is 109 Å². The summed E-state index contributed by atoms with van der Waals surface area (Å²) in [6.45, 7) is 0.243. The fraction of sp³-hybridized carbons (Fsp3) is 0.312. The molecule has 2 aliphatic rings. The van der Waals surface area contributed by atoms with E-state index in [9.17, 15) is 28.0 Å². The highest BCUT2D eigenvalue weighted by Crippen LogP contribution is 2.35. The number of carbonyl (C=O) groups is 4. The van der Waals surface area contributed by atoms with E-state index in [-0.39, 0.29) is 54.6 Å². The summed E-state index contributed by atoms with van der Waals surface area (Å²) < 4.78 is 45.0. The minimum Gasteiger partial charge on any atom is -0.443 e. The molecule has 2 aliphatic carbocycles. The molecule has 370 valence electrons. The molecule has 9 rings (SSSR count). The number of halogens is 4. The molecule has 0 radical (unpaired) electrons. The van der Waals surface area contributed by atoms with Gasteiger partial charge in [0.15, 0.2) is 0 Å². The average molecular weight is 1000 g/mol. The van der Waals surface area contributed by atoms with Gasteiger partial charge < -0.3 is 40.3 Å². The second-order valence-electron chi connectivity index (χ2n) is 16.4. The lowest BCUT2D eigenvalue weighted by Gasteiger charge is -2.24. The number of carbonyl (C=O) groups excluding carboxylic acids is 4. The maximum absolute atomic E-state index is 13.4. The zero-order chi connectivity index (χ0) is 49.4. The lowest BCUT2D eigenvalue weighted by molar-refractivity contribution is 0.101. The van der Waals surface area contributed by atoms with Gasteiger partial charge in [0.2, 0.25) is 0 Å². The number of aryl methyl sites for hydroxylation is 4. The largest absolute Gasteiger partial charge is 0.443 e. The number of rotatable bonds is 9. The summed E-state index contributed by atoms with van der Waals surface area (Å²) in [6, 6.07) is 11.4. The van der Waals surface area contributed by atoms with Crippen LogP contribution in [-0.2, 0) is 63.7 Å². The predicted octanol–water partition coefficient (Wildman–Crippen LogP) is 8.95. The number of benzene rings is 2. The van der Waals surface area contributed by atoms with Gasteiger partial charge in [-0.25, -0.2) is 27.9 Å². The minimum absolute atomic E-state index is 0. The van der Waals surface area contributed by atoms with Gasteiger partial charge in [-0.15, -0.1) is 0 Å². The van der Waals surface area contributed by atoms with Gasteiger partial charge in [0.25, 0.3) is 11.8 Å². The summed E-state index contributed by atoms with van der Waals surface area (Å²) in [5.74, 6) is -1.62. The van der Waals surface area contributed by atoms with Crippen LogP contribution in [0.1, 0.15) is 99.8 Å². The van der Waals surface area contributed by atoms with E-state index in [1.165, 1.54) is 59.7 Å². The van der Waals surface area contributed by atoms with Crippen molar-refractivity contribution >= 4 is 58.6 Å². The number of nitrogens with zero attached hydrogens (tertiary/aromatic N) is 8. The third-order valence-electron chi connectivity index (χ3n) is 11.3. The molecule has 18 nitrogen and oxygen atoms in total. The van der Waals surface area contributed by atoms with E-state index in [4.69, 9.17) is 38.4 Å². The van der Waals surface area contributed by atoms with E-state index in [1.54, 1.807) is 64.2 Å². The van der Waals surface area contributed by atoms with Crippen molar-refractivity contribution in [1.82, 2.24) is 43.6 Å². The predicted molar refractivity (Wildman–Crippen MR) is 259 cm³/mol. The number of aromatic nitrogens is 8. The Bertz CT molecular complexity index is 2960. The first kappa shape index (κ1) is 52.1. The molecule has 0 spiro atoms. The molecule has 3 amide bonds. The second-order valence-corrected chi connectivity index (χ2v) is 17.2. The number of nitrogens with two attached hydrogens (primary N) is 1. The average Bonchev–Trinajstić information content (AvgIpc) is 4.17. The van der Waals surface area contributed by atoms with Crippen LogP contribution in [-0.4, -0.2) is 62.2 Å². The molecule has 5 N–H and O–H groups in total. The molecule has 5 heterocycles. The van der Waals surface area contributed by atoms with Crippen LogP contribution >= 0.6 is 23.2 Å². The summed E-state index contributed by atoms with van der Waals surface area (Å²) in [6.07, 6.45) is 15.8. The number of ether oxygens (including phenoxy) is 2. The molecular weight excluding hydrogens is 950 g/mol. The zero-order valence-electron chi connectivity index (χ0n) is 38.1. The summed E-state index contributed by atoms with van der Waals surface area (Å²) in [4.78, 5) is 53.0. The topological polar surface area (TPSA) is 212 Å². The maximum atomic E-state index is 13.4. The van der Waals surface area contributed by atoms with Crippen molar-refractivity contribution in [3.05, 3.63) is 159 Å². The number of alkyl carbamates (subject to hydrolysis) is 1. The SMILES string of the molecule is C.Cn1cc2c(c1C(=O)Nc1ccc(F)c(Cl)c1)CCCC2N.Cn1ccc(COC(=O)NC2CCCc3c2cn(C)c3C(=O)Nc2ccc(F)c(Cl)c2)n1.Cn1ccc(COC(=O)n2ccnc2)n1. The molecule has 22 heteroatoms. The number of imidazole rings is 1. The van der Waals surface area contributed by atoms with Crippen LogP contribution in [0.2, 0.25) is 10.0 Å². The molecule has 0 aliphatic heterocycles. The van der Waals surface area contributed by atoms with Crippen LogP contribution in [0, 0.1) is 11.6 Å². The Labute approximate surface area is 412 Å². The van der Waals surface area contributed by atoms with Crippen LogP contribution < -0.4 is 21.7 Å². The van der Waals surface area contributed by atoms with Crippen molar-refractivity contribution in [3.8, 4) is 0 Å². The van der Waals surface area contributed by atoms with Crippen LogP contribution in [0.3, 0.4) is 0 Å². The van der Waals surface area contributed by atoms with Crippen LogP contribution in [0.5, 0.6) is 0 Å². The van der Waals surface area contributed by atoms with E-state index < -0.39 is 23.8 Å². The fourth-order valence-electron chi connectivity index (χ4n) is 8.09. The van der Waals surface area contributed by atoms with Crippen molar-refractivity contribution in [2.45, 2.75) is 71.2 Å². The number of anilines is 2. The summed E-state index contributed by atoms with van der Waals surface area (Å²) in [5, 5.41) is 16.6. The van der Waals surface area contributed by atoms with E-state index in [0.717, 1.165) is 54.4 Å². The fourth-order valence-corrected chi connectivity index (χ4v) is 8.45. The van der Waals surface area contributed by atoms with Gasteiger partial charge in [-0.2, -0.15) is 10.2 Å². The molecule has 2 aromatic carbocycles. The monoisotopic (exact) mass is 1000 g/mol. The molecule has 0 saturated heterocycles. The molecule has 0 saturated carbocycles. The van der Waals surface area contributed by atoms with Crippen LogP contribution in [0.4, 0.5) is 29.7 Å². The van der Waals surface area contributed by atoms with Gasteiger partial charge >= 0.3 is 12.2 Å². The first-order valence-corrected chi connectivity index (χ1v) is 22.5. The lowest BCUT2D eigenvalue weighted by Crippen LogP contribution is -2.31. The third kappa shape index (κ3) is 12.9. The van der Waals surface area contributed by atoms with Crippen molar-refractivity contribution in [1.29, 1.82) is 0 Å². The minimum atomic E-state index is -0.551. The summed E-state index contributed by atoms with van der Waals surface area (Å²) in [7, 11) is 7.21. The Morgan fingerprint density at radius 1 is 0.729 bits per heavy atom. The molecule has 2 unspecified atom stereocenters. The van der Waals surface area contributed by atoms with Crippen molar-refractivity contribution in [2.24, 2.45) is 33.9 Å². The highest BCUT2D eigenvalue weighted by molar-refractivity contribution is 6.31. The number of fused-ring (bicyclic) bond motifs is 2. The number of amides is 3. The van der Waals surface area contributed by atoms with Crippen molar-refractivity contribution in [3.63, 3.8) is 0 Å². The van der Waals surface area contributed by atoms with Crippen molar-refractivity contribution in [2.75, 3.05) is 10.6 Å². The second kappa shape index (κ2) is 23.3. The molecular formula is C48H54Cl2F2N12O6. The molecule has 5 aromatic heterocycles. The number of hydrogen-bond donors (Lipinski definition) is 4. The standard InChI is InChI=1S/C22H23ClFN5O3.C16H17ClFN3O.C9H10N4O2.CH4/c1-28-11-16-15(20(28)21(30)25-13-6-7-18(24)17(23)10-13)4-3-5-19(16)26-22(31)32-12-14-8-9-29(2)27-14;1-21-8-11-10(3-2-4-14(11)19)15(21)16(22)20-9-5-6-13(18)12(17)7-9;1-12-4-2-8(11-12)6-15-9(14)13-5-3-10-7-13;/h6-11,19H,3-5,12H2,1-2H3,(H,25,30)(H,26,31);5-8,14H,2-4,19H2,1H3,(H,20,22);2-5,7H,6H2,1H3;1H4. The van der Waals surface area contributed by atoms with Crippen LogP contribution in [0.15, 0.2) is 92.0 Å². The first-order valence-electron chi connectivity index (χ1n) is 21.7. The lowest BCUT2D eigenvalue weighted by atomic mass is 9.89. The molecule has 70 heavy (non-hydrogen) atoms. The van der Waals surface area contributed by atoms with Gasteiger partial charge in [0.1, 0.15) is 42.6 Å². The van der Waals surface area contributed by atoms with E-state index in [2.05, 4.69) is 31.1 Å². The van der Waals surface area contributed by atoms with E-state index >= 15 is 0 Å². The Kier molecular flexibility index (Phi) is 17.4. The molecule has 7 aromatic rings. The molecule has 0 fully saturated rings. The Balaban J connectivity index is 0.000000183. The number of nitrogens with one attached hydrogen (secondary N) is 3. The Morgan fingerprint density at radius 3 is 1.74 bits per heavy atom. The van der Waals surface area contributed by atoms with Crippen LogP contribution in [0.25, 0.3) is 0 Å². The highest BCUT2D eigenvalue weighted by atomic mass is 35.5. The molecule has 2 atom stereocenters. The zero-order valence-corrected chi connectivity index (χ0v) is 39.6. The van der Waals surface area contributed by atoms with Gasteiger partial charge in [0, 0.05) is 82.8 Å². The highest BCUT2D eigenvalue weighted by Gasteiger charge is 2.30. The Morgan fingerprint density at radius 2 is 1.24 bits per heavy atom. The Hall–Kier alpha value is -7.29. The summed E-state index contributed by atoms with van der Waals surface area (Å²) >= 11 is 11.6. The third-order valence-corrected chi connectivity index (χ3v) is 11.9. The normalized spacial score (nSPS) is 14.5. The van der Waals surface area contributed by atoms with Gasteiger partial charge in [-0.3, -0.25) is 19.0 Å². The quantitative estimate of drug-likeness (QED) is 0.108. The van der Waals surface area contributed by atoms with Gasteiger partial charge in [0.05, 0.1) is 27.5 Å². The van der Waals surface area contributed by atoms with Gasteiger partial charge in [-0.1, -0.05) is 30.6 Å². The smallest absolute Gasteiger partial charge is 0.419 e. The number of hydrogen-bond acceptors (Lipinski definition) is 10. The summed E-state index contributed by atoms with van der Waals surface area (Å²) in [5.41, 5.74) is 13.3. The molecule has 0 bridgehead atoms. The van der Waals surface area contributed by atoms with E-state index in [1.807, 2.05) is 19.4 Å².